The molecule has 0 spiro atoms. The molecule has 0 aliphatic carbocycles. The molecule has 0 atom stereocenters. The van der Waals surface area contributed by atoms with Gasteiger partial charge in [-0.05, 0) is 25.6 Å². The van der Waals surface area contributed by atoms with Crippen molar-refractivity contribution in [2.75, 3.05) is 6.54 Å². The van der Waals surface area contributed by atoms with Gasteiger partial charge in [0.1, 0.15) is 0 Å². The lowest BCUT2D eigenvalue weighted by Crippen LogP contribution is -2.12. The fraction of sp³-hybridized carbons (Fsp3) is 0.308. The summed E-state index contributed by atoms with van der Waals surface area (Å²) < 4.78 is 1.79. The SMILES string of the molecule is CCNCc1cnn(-c2ccc([N+](=O)[O-])cc2)c1C. The number of hydrogen-bond donors (Lipinski definition) is 1. The van der Waals surface area contributed by atoms with Crippen molar-refractivity contribution in [2.45, 2.75) is 20.4 Å². The maximum Gasteiger partial charge on any atom is 0.269 e. The minimum atomic E-state index is -0.406. The number of non-ortho nitro benzene ring substituents is 1. The molecule has 2 aromatic rings. The summed E-state index contributed by atoms with van der Waals surface area (Å²) in [6, 6.07) is 6.38. The van der Waals surface area contributed by atoms with Gasteiger partial charge >= 0.3 is 0 Å². The van der Waals surface area contributed by atoms with E-state index < -0.39 is 4.92 Å². The summed E-state index contributed by atoms with van der Waals surface area (Å²) in [6.45, 7) is 5.72. The number of benzene rings is 1. The highest BCUT2D eigenvalue weighted by Crippen LogP contribution is 2.17. The summed E-state index contributed by atoms with van der Waals surface area (Å²) in [6.07, 6.45) is 1.82. The first-order chi connectivity index (χ1) is 9.13. The van der Waals surface area contributed by atoms with Gasteiger partial charge in [0.25, 0.3) is 5.69 Å². The second-order valence-electron chi connectivity index (χ2n) is 4.22. The van der Waals surface area contributed by atoms with Crippen LogP contribution in [0.25, 0.3) is 5.69 Å². The molecule has 100 valence electrons. The Hall–Kier alpha value is -2.21. The fourth-order valence-electron chi connectivity index (χ4n) is 1.85. The maximum absolute atomic E-state index is 10.6. The van der Waals surface area contributed by atoms with Crippen molar-refractivity contribution in [3.8, 4) is 5.69 Å². The lowest BCUT2D eigenvalue weighted by atomic mass is 10.2. The molecule has 2 rings (SSSR count). The topological polar surface area (TPSA) is 73.0 Å². The fourth-order valence-corrected chi connectivity index (χ4v) is 1.85. The molecule has 1 N–H and O–H groups in total. The average molecular weight is 260 g/mol. The molecular formula is C13H16N4O2. The summed E-state index contributed by atoms with van der Waals surface area (Å²) in [4.78, 5) is 10.2. The Morgan fingerprint density at radius 3 is 2.63 bits per heavy atom. The monoisotopic (exact) mass is 260 g/mol. The van der Waals surface area contributed by atoms with Gasteiger partial charge in [-0.25, -0.2) is 4.68 Å². The van der Waals surface area contributed by atoms with Gasteiger partial charge in [0.15, 0.2) is 0 Å². The number of nitro benzene ring substituents is 1. The summed E-state index contributed by atoms with van der Waals surface area (Å²) >= 11 is 0. The van der Waals surface area contributed by atoms with Crippen molar-refractivity contribution in [2.24, 2.45) is 0 Å². The standard InChI is InChI=1S/C13H16N4O2/c1-3-14-8-11-9-15-16(10(11)2)12-4-6-13(7-5-12)17(18)19/h4-7,9,14H,3,8H2,1-2H3. The third-order valence-electron chi connectivity index (χ3n) is 2.98. The van der Waals surface area contributed by atoms with Gasteiger partial charge in [-0.2, -0.15) is 5.10 Å². The Morgan fingerprint density at radius 2 is 2.05 bits per heavy atom. The van der Waals surface area contributed by atoms with E-state index in [-0.39, 0.29) is 5.69 Å². The number of nitrogens with zero attached hydrogens (tertiary/aromatic N) is 3. The van der Waals surface area contributed by atoms with Crippen LogP contribution in [0.4, 0.5) is 5.69 Å². The molecule has 6 heteroatoms. The van der Waals surface area contributed by atoms with Gasteiger partial charge in [-0.15, -0.1) is 0 Å². The summed E-state index contributed by atoms with van der Waals surface area (Å²) in [5.74, 6) is 0. The van der Waals surface area contributed by atoms with E-state index in [0.717, 1.165) is 30.0 Å². The molecule has 0 amide bonds. The van der Waals surface area contributed by atoms with E-state index in [0.29, 0.717) is 0 Å². The van der Waals surface area contributed by atoms with Crippen LogP contribution in [0.2, 0.25) is 0 Å². The Bertz CT molecular complexity index is 575. The lowest BCUT2D eigenvalue weighted by molar-refractivity contribution is -0.384. The van der Waals surface area contributed by atoms with Crippen molar-refractivity contribution in [3.05, 3.63) is 51.8 Å². The van der Waals surface area contributed by atoms with Crippen molar-refractivity contribution in [3.63, 3.8) is 0 Å². The van der Waals surface area contributed by atoms with Crippen molar-refractivity contribution in [1.29, 1.82) is 0 Å². The van der Waals surface area contributed by atoms with E-state index in [4.69, 9.17) is 0 Å². The average Bonchev–Trinajstić information content (AvgIpc) is 2.78. The van der Waals surface area contributed by atoms with Gasteiger partial charge in [0.2, 0.25) is 0 Å². The molecule has 0 saturated heterocycles. The van der Waals surface area contributed by atoms with E-state index in [2.05, 4.69) is 17.3 Å². The molecule has 0 aliphatic rings. The zero-order valence-corrected chi connectivity index (χ0v) is 11.0. The Kier molecular flexibility index (Phi) is 3.91. The van der Waals surface area contributed by atoms with Crippen LogP contribution in [0.5, 0.6) is 0 Å². The van der Waals surface area contributed by atoms with Crippen LogP contribution < -0.4 is 5.32 Å². The zero-order chi connectivity index (χ0) is 13.8. The van der Waals surface area contributed by atoms with Gasteiger partial charge in [0, 0.05) is 29.9 Å². The van der Waals surface area contributed by atoms with Gasteiger partial charge in [-0.1, -0.05) is 6.92 Å². The number of rotatable bonds is 5. The molecule has 6 nitrogen and oxygen atoms in total. The van der Waals surface area contributed by atoms with Crippen molar-refractivity contribution >= 4 is 5.69 Å². The van der Waals surface area contributed by atoms with Crippen LogP contribution in [0.3, 0.4) is 0 Å². The highest BCUT2D eigenvalue weighted by molar-refractivity contribution is 5.41. The zero-order valence-electron chi connectivity index (χ0n) is 11.0. The predicted molar refractivity (Wildman–Crippen MR) is 72.3 cm³/mol. The number of hydrogen-bond acceptors (Lipinski definition) is 4. The van der Waals surface area contributed by atoms with E-state index in [1.807, 2.05) is 13.1 Å². The summed E-state index contributed by atoms with van der Waals surface area (Å²) in [7, 11) is 0. The van der Waals surface area contributed by atoms with Gasteiger partial charge in [0.05, 0.1) is 16.8 Å². The number of aromatic nitrogens is 2. The Balaban J connectivity index is 2.26. The van der Waals surface area contributed by atoms with Crippen molar-refractivity contribution in [1.82, 2.24) is 15.1 Å². The largest absolute Gasteiger partial charge is 0.313 e. The Morgan fingerprint density at radius 1 is 1.37 bits per heavy atom. The molecule has 0 saturated carbocycles. The maximum atomic E-state index is 10.6. The third-order valence-corrected chi connectivity index (χ3v) is 2.98. The number of nitro groups is 1. The molecule has 0 aliphatic heterocycles. The Labute approximate surface area is 111 Å². The molecule has 0 unspecified atom stereocenters. The third kappa shape index (κ3) is 2.79. The van der Waals surface area contributed by atoms with E-state index in [9.17, 15) is 10.1 Å². The van der Waals surface area contributed by atoms with E-state index in [1.54, 1.807) is 16.8 Å². The van der Waals surface area contributed by atoms with Gasteiger partial charge in [-0.3, -0.25) is 10.1 Å². The van der Waals surface area contributed by atoms with E-state index in [1.165, 1.54) is 12.1 Å². The van der Waals surface area contributed by atoms with Crippen LogP contribution in [-0.4, -0.2) is 21.2 Å². The normalized spacial score (nSPS) is 10.6. The second-order valence-corrected chi connectivity index (χ2v) is 4.22. The molecule has 19 heavy (non-hydrogen) atoms. The van der Waals surface area contributed by atoms with Crippen molar-refractivity contribution < 1.29 is 4.92 Å². The minimum absolute atomic E-state index is 0.0847. The molecule has 0 fully saturated rings. The molecule has 0 bridgehead atoms. The first-order valence-corrected chi connectivity index (χ1v) is 6.12. The lowest BCUT2D eigenvalue weighted by Gasteiger charge is -2.05. The smallest absolute Gasteiger partial charge is 0.269 e. The minimum Gasteiger partial charge on any atom is -0.313 e. The first-order valence-electron chi connectivity index (χ1n) is 6.12. The quantitative estimate of drug-likeness (QED) is 0.660. The summed E-state index contributed by atoms with van der Waals surface area (Å²) in [5.41, 5.74) is 3.07. The van der Waals surface area contributed by atoms with Crippen LogP contribution in [-0.2, 0) is 6.54 Å². The van der Waals surface area contributed by atoms with Crippen LogP contribution in [0.1, 0.15) is 18.2 Å². The van der Waals surface area contributed by atoms with Crippen LogP contribution in [0, 0.1) is 17.0 Å². The molecule has 1 aromatic carbocycles. The predicted octanol–water partition coefficient (Wildman–Crippen LogP) is 2.20. The highest BCUT2D eigenvalue weighted by atomic mass is 16.6. The summed E-state index contributed by atoms with van der Waals surface area (Å²) in [5, 5.41) is 18.2. The first kappa shape index (κ1) is 13.2. The second kappa shape index (κ2) is 5.62. The molecule has 1 heterocycles. The molecule has 1 aromatic heterocycles. The molecular weight excluding hydrogens is 244 g/mol. The van der Waals surface area contributed by atoms with Gasteiger partial charge < -0.3 is 5.32 Å². The highest BCUT2D eigenvalue weighted by Gasteiger charge is 2.09. The molecule has 0 radical (unpaired) electrons. The van der Waals surface area contributed by atoms with Crippen LogP contribution in [0.15, 0.2) is 30.5 Å². The van der Waals surface area contributed by atoms with E-state index >= 15 is 0 Å². The van der Waals surface area contributed by atoms with Crippen LogP contribution >= 0.6 is 0 Å². The number of nitrogens with one attached hydrogen (secondary N) is 1.